The van der Waals surface area contributed by atoms with Crippen LogP contribution in [0, 0.1) is 5.92 Å². The molecule has 1 heterocycles. The summed E-state index contributed by atoms with van der Waals surface area (Å²) in [6, 6.07) is 0.287. The van der Waals surface area contributed by atoms with Crippen LogP contribution in [0.5, 0.6) is 0 Å². The van der Waals surface area contributed by atoms with E-state index in [0.29, 0.717) is 15.8 Å². The normalized spacial score (nSPS) is 23.1. The highest BCUT2D eigenvalue weighted by Crippen LogP contribution is 2.28. The molecule has 0 aromatic carbocycles. The Labute approximate surface area is 118 Å². The van der Waals surface area contributed by atoms with Crippen LogP contribution < -0.4 is 16.4 Å². The molecule has 1 aliphatic carbocycles. The maximum atomic E-state index is 12.2. The number of hydrogen-bond acceptors (Lipinski definition) is 5. The van der Waals surface area contributed by atoms with Gasteiger partial charge in [-0.2, -0.15) is 0 Å². The van der Waals surface area contributed by atoms with Crippen LogP contribution in [0.15, 0.2) is 0 Å². The van der Waals surface area contributed by atoms with Crippen LogP contribution in [-0.2, 0) is 0 Å². The van der Waals surface area contributed by atoms with Crippen molar-refractivity contribution >= 4 is 28.2 Å². The van der Waals surface area contributed by atoms with Gasteiger partial charge in [-0.1, -0.05) is 24.7 Å². The number of carbonyl (C=O) groups is 1. The maximum absolute atomic E-state index is 12.2. The number of anilines is 2. The Hall–Kier alpha value is -1.30. The van der Waals surface area contributed by atoms with Crippen LogP contribution in [0.25, 0.3) is 0 Å². The lowest BCUT2D eigenvalue weighted by Crippen LogP contribution is -2.37. The summed E-state index contributed by atoms with van der Waals surface area (Å²) in [5.74, 6) is 1.06. The fraction of sp³-hybridized carbons (Fsp3) is 0.692. The molecule has 0 aliphatic heterocycles. The molecule has 0 atom stereocenters. The first-order chi connectivity index (χ1) is 9.13. The quantitative estimate of drug-likeness (QED) is 0.792. The predicted octanol–water partition coefficient (Wildman–Crippen LogP) is 2.47. The molecule has 6 heteroatoms. The first-order valence-corrected chi connectivity index (χ1v) is 7.70. The highest BCUT2D eigenvalue weighted by molar-refractivity contribution is 7.18. The number of nitrogen functional groups attached to an aromatic ring is 1. The molecule has 4 N–H and O–H groups in total. The summed E-state index contributed by atoms with van der Waals surface area (Å²) in [4.78, 5) is 16.8. The standard InChI is InChI=1S/C13H22N4OS/c1-3-8-4-6-9(7-5-8)16-12(18)10-11(14)17-13(15-2)19-10/h8-9H,3-7,14H2,1-2H3,(H,15,17)(H,16,18). The molecule has 5 nitrogen and oxygen atoms in total. The molecule has 0 bridgehead atoms. The van der Waals surface area contributed by atoms with Crippen molar-refractivity contribution in [2.75, 3.05) is 18.1 Å². The van der Waals surface area contributed by atoms with Crippen LogP contribution in [-0.4, -0.2) is 24.0 Å². The Kier molecular flexibility index (Phi) is 4.63. The Morgan fingerprint density at radius 3 is 2.63 bits per heavy atom. The molecule has 0 radical (unpaired) electrons. The fourth-order valence-electron chi connectivity index (χ4n) is 2.57. The molecule has 0 unspecified atom stereocenters. The number of nitrogens with one attached hydrogen (secondary N) is 2. The molecule has 1 aromatic rings. The van der Waals surface area contributed by atoms with Crippen molar-refractivity contribution in [1.29, 1.82) is 0 Å². The van der Waals surface area contributed by atoms with Gasteiger partial charge >= 0.3 is 0 Å². The highest BCUT2D eigenvalue weighted by Gasteiger charge is 2.23. The number of nitrogens with two attached hydrogens (primary N) is 1. The summed E-state index contributed by atoms with van der Waals surface area (Å²) in [5, 5.41) is 6.67. The van der Waals surface area contributed by atoms with Gasteiger partial charge in [-0.3, -0.25) is 4.79 Å². The van der Waals surface area contributed by atoms with Gasteiger partial charge in [-0.05, 0) is 31.6 Å². The zero-order chi connectivity index (χ0) is 13.8. The summed E-state index contributed by atoms with van der Waals surface area (Å²) in [5.41, 5.74) is 5.77. The van der Waals surface area contributed by atoms with Gasteiger partial charge in [-0.25, -0.2) is 4.98 Å². The molecule has 1 saturated carbocycles. The molecule has 0 saturated heterocycles. The average Bonchev–Trinajstić information content (AvgIpc) is 2.81. The molecule has 1 amide bonds. The molecule has 1 aliphatic rings. The van der Waals surface area contributed by atoms with Crippen LogP contribution in [0.1, 0.15) is 48.7 Å². The minimum atomic E-state index is -0.0866. The van der Waals surface area contributed by atoms with Gasteiger partial charge in [0.05, 0.1) is 0 Å². The first kappa shape index (κ1) is 14.1. The zero-order valence-corrected chi connectivity index (χ0v) is 12.3. The van der Waals surface area contributed by atoms with E-state index in [2.05, 4.69) is 22.5 Å². The first-order valence-electron chi connectivity index (χ1n) is 6.89. The largest absolute Gasteiger partial charge is 0.382 e. The lowest BCUT2D eigenvalue weighted by Gasteiger charge is -2.28. The number of amides is 1. The second-order valence-electron chi connectivity index (χ2n) is 5.08. The van der Waals surface area contributed by atoms with E-state index in [-0.39, 0.29) is 11.9 Å². The van der Waals surface area contributed by atoms with Crippen molar-refractivity contribution in [2.45, 2.75) is 45.1 Å². The zero-order valence-electron chi connectivity index (χ0n) is 11.5. The van der Waals surface area contributed by atoms with Gasteiger partial charge in [0, 0.05) is 13.1 Å². The average molecular weight is 282 g/mol. The second kappa shape index (κ2) is 6.23. The van der Waals surface area contributed by atoms with Crippen LogP contribution in [0.2, 0.25) is 0 Å². The maximum Gasteiger partial charge on any atom is 0.265 e. The smallest absolute Gasteiger partial charge is 0.265 e. The van der Waals surface area contributed by atoms with E-state index in [1.807, 2.05) is 0 Å². The van der Waals surface area contributed by atoms with Crippen LogP contribution >= 0.6 is 11.3 Å². The third-order valence-corrected chi connectivity index (χ3v) is 4.92. The number of hydrogen-bond donors (Lipinski definition) is 3. The second-order valence-corrected chi connectivity index (χ2v) is 6.08. The van der Waals surface area contributed by atoms with Crippen LogP contribution in [0.3, 0.4) is 0 Å². The predicted molar refractivity (Wildman–Crippen MR) is 79.6 cm³/mol. The Bertz CT molecular complexity index is 438. The SMILES string of the molecule is CCC1CCC(NC(=O)c2sc(NC)nc2N)CC1. The third kappa shape index (κ3) is 3.37. The number of rotatable bonds is 4. The minimum absolute atomic E-state index is 0.0866. The van der Waals surface area contributed by atoms with Crippen molar-refractivity contribution in [3.05, 3.63) is 4.88 Å². The molecule has 1 fully saturated rings. The molecular weight excluding hydrogens is 260 g/mol. The van der Waals surface area contributed by atoms with Crippen molar-refractivity contribution in [1.82, 2.24) is 10.3 Å². The minimum Gasteiger partial charge on any atom is -0.382 e. The van der Waals surface area contributed by atoms with Gasteiger partial charge < -0.3 is 16.4 Å². The molecular formula is C13H22N4OS. The van der Waals surface area contributed by atoms with Gasteiger partial charge in [0.15, 0.2) is 5.13 Å². The van der Waals surface area contributed by atoms with Crippen molar-refractivity contribution < 1.29 is 4.79 Å². The molecule has 0 spiro atoms. The van der Waals surface area contributed by atoms with E-state index < -0.39 is 0 Å². The van der Waals surface area contributed by atoms with E-state index in [1.165, 1.54) is 30.6 Å². The van der Waals surface area contributed by atoms with Gasteiger partial charge in [0.2, 0.25) is 0 Å². The highest BCUT2D eigenvalue weighted by atomic mass is 32.1. The lowest BCUT2D eigenvalue weighted by molar-refractivity contribution is 0.0926. The number of aromatic nitrogens is 1. The number of carbonyl (C=O) groups excluding carboxylic acids is 1. The summed E-state index contributed by atoms with van der Waals surface area (Å²) >= 11 is 1.30. The number of nitrogens with zero attached hydrogens (tertiary/aromatic N) is 1. The third-order valence-electron chi connectivity index (χ3n) is 3.83. The van der Waals surface area contributed by atoms with E-state index in [0.717, 1.165) is 18.8 Å². The summed E-state index contributed by atoms with van der Waals surface area (Å²) in [6.07, 6.45) is 5.81. The van der Waals surface area contributed by atoms with E-state index in [1.54, 1.807) is 7.05 Å². The van der Waals surface area contributed by atoms with Gasteiger partial charge in [0.25, 0.3) is 5.91 Å². The lowest BCUT2D eigenvalue weighted by atomic mass is 9.84. The van der Waals surface area contributed by atoms with E-state index in [4.69, 9.17) is 5.73 Å². The Balaban J connectivity index is 1.92. The van der Waals surface area contributed by atoms with E-state index >= 15 is 0 Å². The van der Waals surface area contributed by atoms with Crippen LogP contribution in [0.4, 0.5) is 10.9 Å². The molecule has 1 aromatic heterocycles. The topological polar surface area (TPSA) is 80.0 Å². The fourth-order valence-corrected chi connectivity index (χ4v) is 3.31. The molecule has 19 heavy (non-hydrogen) atoms. The Morgan fingerprint density at radius 2 is 2.11 bits per heavy atom. The summed E-state index contributed by atoms with van der Waals surface area (Å²) in [6.45, 7) is 2.24. The van der Waals surface area contributed by atoms with Gasteiger partial charge in [-0.15, -0.1) is 0 Å². The summed E-state index contributed by atoms with van der Waals surface area (Å²) < 4.78 is 0. The van der Waals surface area contributed by atoms with Crippen molar-refractivity contribution in [3.63, 3.8) is 0 Å². The molecule has 106 valence electrons. The van der Waals surface area contributed by atoms with E-state index in [9.17, 15) is 4.79 Å². The molecule has 2 rings (SSSR count). The Morgan fingerprint density at radius 1 is 1.42 bits per heavy atom. The number of thiazole rings is 1. The van der Waals surface area contributed by atoms with Gasteiger partial charge in [0.1, 0.15) is 10.7 Å². The van der Waals surface area contributed by atoms with Crippen molar-refractivity contribution in [3.8, 4) is 0 Å². The van der Waals surface area contributed by atoms with Crippen molar-refractivity contribution in [2.24, 2.45) is 5.92 Å². The monoisotopic (exact) mass is 282 g/mol. The summed E-state index contributed by atoms with van der Waals surface area (Å²) in [7, 11) is 1.77.